The van der Waals surface area contributed by atoms with Crippen LogP contribution in [0.3, 0.4) is 0 Å². The molecule has 0 aliphatic heterocycles. The van der Waals surface area contributed by atoms with Gasteiger partial charge in [0.25, 0.3) is 5.56 Å². The lowest BCUT2D eigenvalue weighted by Crippen LogP contribution is -2.22. The maximum atomic E-state index is 12.3. The van der Waals surface area contributed by atoms with E-state index in [0.717, 1.165) is 16.7 Å². The lowest BCUT2D eigenvalue weighted by atomic mass is 10.2. The van der Waals surface area contributed by atoms with Gasteiger partial charge < -0.3 is 5.73 Å². The molecule has 1 aromatic heterocycles. The number of anilines is 1. The minimum absolute atomic E-state index is 0.108. The van der Waals surface area contributed by atoms with Crippen LogP contribution in [0.25, 0.3) is 16.7 Å². The molecule has 4 nitrogen and oxygen atoms in total. The molecular formula is C15H13N3O. The first-order chi connectivity index (χ1) is 9.16. The summed E-state index contributed by atoms with van der Waals surface area (Å²) >= 11 is 0. The Morgan fingerprint density at radius 2 is 1.84 bits per heavy atom. The van der Waals surface area contributed by atoms with Gasteiger partial charge in [-0.05, 0) is 37.3 Å². The Bertz CT molecular complexity index is 807. The van der Waals surface area contributed by atoms with Crippen LogP contribution in [0.2, 0.25) is 0 Å². The summed E-state index contributed by atoms with van der Waals surface area (Å²) < 4.78 is 1.66. The van der Waals surface area contributed by atoms with E-state index in [2.05, 4.69) is 4.98 Å². The zero-order valence-corrected chi connectivity index (χ0v) is 10.5. The number of fused-ring (bicyclic) bond motifs is 1. The second kappa shape index (κ2) is 4.24. The minimum Gasteiger partial charge on any atom is -0.399 e. The van der Waals surface area contributed by atoms with Crippen molar-refractivity contribution in [1.29, 1.82) is 0 Å². The zero-order valence-electron chi connectivity index (χ0n) is 10.5. The molecule has 0 aliphatic carbocycles. The number of aryl methyl sites for hydroxylation is 1. The molecule has 3 aromatic rings. The number of hydrogen-bond acceptors (Lipinski definition) is 3. The van der Waals surface area contributed by atoms with E-state index in [1.807, 2.05) is 36.4 Å². The number of hydrogen-bond donors (Lipinski definition) is 1. The first-order valence-electron chi connectivity index (χ1n) is 6.01. The van der Waals surface area contributed by atoms with E-state index in [1.54, 1.807) is 23.6 Å². The zero-order chi connectivity index (χ0) is 13.4. The second-order valence-corrected chi connectivity index (χ2v) is 4.42. The topological polar surface area (TPSA) is 60.9 Å². The predicted octanol–water partition coefficient (Wildman–Crippen LogP) is 2.28. The molecule has 0 unspecified atom stereocenters. The predicted molar refractivity (Wildman–Crippen MR) is 76.5 cm³/mol. The van der Waals surface area contributed by atoms with E-state index >= 15 is 0 Å². The van der Waals surface area contributed by atoms with E-state index in [4.69, 9.17) is 5.73 Å². The molecule has 0 fully saturated rings. The molecular weight excluding hydrogens is 238 g/mol. The van der Waals surface area contributed by atoms with Crippen LogP contribution in [0.15, 0.2) is 53.3 Å². The van der Waals surface area contributed by atoms with Gasteiger partial charge in [0.1, 0.15) is 5.69 Å². The molecule has 0 saturated carbocycles. The maximum absolute atomic E-state index is 12.3. The molecule has 0 atom stereocenters. The summed E-state index contributed by atoms with van der Waals surface area (Å²) in [7, 11) is 0. The highest BCUT2D eigenvalue weighted by Crippen LogP contribution is 2.17. The summed E-state index contributed by atoms with van der Waals surface area (Å²) in [5.41, 5.74) is 9.07. The molecule has 94 valence electrons. The van der Waals surface area contributed by atoms with E-state index in [0.29, 0.717) is 11.4 Å². The summed E-state index contributed by atoms with van der Waals surface area (Å²) in [6.07, 6.45) is 0. The quantitative estimate of drug-likeness (QED) is 0.675. The largest absolute Gasteiger partial charge is 0.399 e. The Morgan fingerprint density at radius 3 is 2.58 bits per heavy atom. The Morgan fingerprint density at radius 1 is 1.11 bits per heavy atom. The minimum atomic E-state index is -0.108. The Labute approximate surface area is 110 Å². The average molecular weight is 251 g/mol. The number of nitrogens with zero attached hydrogens (tertiary/aromatic N) is 2. The molecule has 0 aliphatic rings. The highest BCUT2D eigenvalue weighted by molar-refractivity contribution is 5.80. The summed E-state index contributed by atoms with van der Waals surface area (Å²) in [6, 6.07) is 14.9. The van der Waals surface area contributed by atoms with E-state index in [-0.39, 0.29) is 5.56 Å². The van der Waals surface area contributed by atoms with Crippen LogP contribution >= 0.6 is 0 Å². The number of benzene rings is 2. The van der Waals surface area contributed by atoms with Crippen molar-refractivity contribution in [2.75, 3.05) is 5.73 Å². The van der Waals surface area contributed by atoms with E-state index < -0.39 is 0 Å². The SMILES string of the molecule is Cc1nc2cc(N)ccc2n(-c2ccccc2)c1=O. The molecule has 2 aromatic carbocycles. The van der Waals surface area contributed by atoms with E-state index in [9.17, 15) is 4.79 Å². The van der Waals surface area contributed by atoms with Gasteiger partial charge in [0, 0.05) is 11.4 Å². The van der Waals surface area contributed by atoms with Crippen molar-refractivity contribution in [1.82, 2.24) is 9.55 Å². The standard InChI is InChI=1S/C15H13N3O/c1-10-15(19)18(12-5-3-2-4-6-12)14-8-7-11(16)9-13(14)17-10/h2-9H,16H2,1H3. The smallest absolute Gasteiger partial charge is 0.277 e. The Balaban J connectivity index is 2.46. The van der Waals surface area contributed by atoms with Crippen LogP contribution in [-0.4, -0.2) is 9.55 Å². The van der Waals surface area contributed by atoms with Crippen LogP contribution in [0, 0.1) is 6.92 Å². The van der Waals surface area contributed by atoms with E-state index in [1.165, 1.54) is 0 Å². The Hall–Kier alpha value is -2.62. The van der Waals surface area contributed by atoms with Gasteiger partial charge in [0.15, 0.2) is 0 Å². The van der Waals surface area contributed by atoms with Gasteiger partial charge in [0.05, 0.1) is 11.0 Å². The van der Waals surface area contributed by atoms with Crippen molar-refractivity contribution in [2.24, 2.45) is 0 Å². The van der Waals surface area contributed by atoms with Crippen LogP contribution < -0.4 is 11.3 Å². The summed E-state index contributed by atoms with van der Waals surface area (Å²) in [5, 5.41) is 0. The van der Waals surface area contributed by atoms with Gasteiger partial charge in [-0.2, -0.15) is 0 Å². The fourth-order valence-corrected chi connectivity index (χ4v) is 2.15. The normalized spacial score (nSPS) is 10.8. The number of nitrogens with two attached hydrogens (primary N) is 1. The molecule has 0 spiro atoms. The first-order valence-corrected chi connectivity index (χ1v) is 6.01. The van der Waals surface area contributed by atoms with Gasteiger partial charge >= 0.3 is 0 Å². The van der Waals surface area contributed by atoms with Crippen LogP contribution in [-0.2, 0) is 0 Å². The highest BCUT2D eigenvalue weighted by atomic mass is 16.1. The first kappa shape index (κ1) is 11.5. The lowest BCUT2D eigenvalue weighted by molar-refractivity contribution is 0.981. The van der Waals surface area contributed by atoms with Crippen molar-refractivity contribution in [3.8, 4) is 5.69 Å². The molecule has 1 heterocycles. The summed E-state index contributed by atoms with van der Waals surface area (Å²) in [4.78, 5) is 16.6. The lowest BCUT2D eigenvalue weighted by Gasteiger charge is -2.11. The monoisotopic (exact) mass is 251 g/mol. The number of rotatable bonds is 1. The second-order valence-electron chi connectivity index (χ2n) is 4.42. The third kappa shape index (κ3) is 1.87. The average Bonchev–Trinajstić information content (AvgIpc) is 2.41. The fraction of sp³-hybridized carbons (Fsp3) is 0.0667. The van der Waals surface area contributed by atoms with Crippen LogP contribution in [0.4, 0.5) is 5.69 Å². The summed E-state index contributed by atoms with van der Waals surface area (Å²) in [6.45, 7) is 1.71. The molecule has 0 amide bonds. The highest BCUT2D eigenvalue weighted by Gasteiger charge is 2.09. The molecule has 0 bridgehead atoms. The molecule has 4 heteroatoms. The third-order valence-corrected chi connectivity index (χ3v) is 3.06. The third-order valence-electron chi connectivity index (χ3n) is 3.06. The van der Waals surface area contributed by atoms with Gasteiger partial charge in [-0.25, -0.2) is 4.98 Å². The van der Waals surface area contributed by atoms with Crippen molar-refractivity contribution in [2.45, 2.75) is 6.92 Å². The van der Waals surface area contributed by atoms with Gasteiger partial charge in [-0.3, -0.25) is 9.36 Å². The fourth-order valence-electron chi connectivity index (χ4n) is 2.15. The van der Waals surface area contributed by atoms with Crippen LogP contribution in [0.1, 0.15) is 5.69 Å². The van der Waals surface area contributed by atoms with Crippen molar-refractivity contribution >= 4 is 16.7 Å². The van der Waals surface area contributed by atoms with Crippen molar-refractivity contribution in [3.05, 3.63) is 64.6 Å². The maximum Gasteiger partial charge on any atom is 0.277 e. The number of para-hydroxylation sites is 1. The molecule has 19 heavy (non-hydrogen) atoms. The van der Waals surface area contributed by atoms with Crippen molar-refractivity contribution in [3.63, 3.8) is 0 Å². The molecule has 3 rings (SSSR count). The van der Waals surface area contributed by atoms with Gasteiger partial charge in [0.2, 0.25) is 0 Å². The summed E-state index contributed by atoms with van der Waals surface area (Å²) in [5.74, 6) is 0. The van der Waals surface area contributed by atoms with Crippen LogP contribution in [0.5, 0.6) is 0 Å². The van der Waals surface area contributed by atoms with Crippen molar-refractivity contribution < 1.29 is 0 Å². The van der Waals surface area contributed by atoms with Gasteiger partial charge in [-0.1, -0.05) is 18.2 Å². The molecule has 0 saturated heterocycles. The number of nitrogen functional groups attached to an aromatic ring is 1. The van der Waals surface area contributed by atoms with Gasteiger partial charge in [-0.15, -0.1) is 0 Å². The number of aromatic nitrogens is 2. The molecule has 0 radical (unpaired) electrons. The Kier molecular flexibility index (Phi) is 2.56. The molecule has 2 N–H and O–H groups in total.